The van der Waals surface area contributed by atoms with Crippen molar-refractivity contribution in [2.75, 3.05) is 13.7 Å². The molecule has 68 heavy (non-hydrogen) atoms. The Morgan fingerprint density at radius 3 is 2.43 bits per heavy atom. The number of nitrogens with zero attached hydrogens (tertiary/aromatic N) is 3. The number of pyridine rings is 2. The van der Waals surface area contributed by atoms with Gasteiger partial charge in [-0.3, -0.25) is 24.1 Å². The van der Waals surface area contributed by atoms with Crippen LogP contribution >= 0.6 is 0 Å². The number of carbonyl (C=O) groups excluding carboxylic acids is 4. The van der Waals surface area contributed by atoms with Crippen LogP contribution in [0.2, 0.25) is 0 Å². The SMILES string of the molecule is CCC1OC(C)CCC=CC2CC2(C(=O)NS(=O)(=O)C2(C)CC2)NC(=O)C2CC(Oc3nc(-c4ccc(OC(C)C)cn4)cc4cc(OC)ccc34)CN2C(=O)C1NC(=O)OC(C)(C)C(F)(F)F. The number of nitrogens with one attached hydrogen (secondary N) is 3. The predicted octanol–water partition coefficient (Wildman–Crippen LogP) is 6.28. The van der Waals surface area contributed by atoms with Crippen LogP contribution in [0.3, 0.4) is 0 Å². The lowest BCUT2D eigenvalue weighted by molar-refractivity contribution is -0.244. The Labute approximate surface area is 393 Å². The highest BCUT2D eigenvalue weighted by Crippen LogP contribution is 2.48. The molecule has 1 saturated heterocycles. The number of aromatic nitrogens is 2. The molecule has 3 aromatic rings. The van der Waals surface area contributed by atoms with Gasteiger partial charge in [0.2, 0.25) is 33.3 Å². The van der Waals surface area contributed by atoms with Crippen LogP contribution in [0.1, 0.15) is 93.4 Å². The Hall–Kier alpha value is -5.70. The van der Waals surface area contributed by atoms with Crippen LogP contribution in [0.25, 0.3) is 22.2 Å². The second-order valence-corrected chi connectivity index (χ2v) is 21.2. The van der Waals surface area contributed by atoms with Gasteiger partial charge in [0.15, 0.2) is 0 Å². The van der Waals surface area contributed by atoms with E-state index < -0.39 is 92.2 Å². The average Bonchev–Trinajstić information content (AvgIpc) is 4.15. The summed E-state index contributed by atoms with van der Waals surface area (Å²) < 4.78 is 98.6. The fourth-order valence-electron chi connectivity index (χ4n) is 8.33. The van der Waals surface area contributed by atoms with Gasteiger partial charge in [0, 0.05) is 17.7 Å². The predicted molar refractivity (Wildman–Crippen MR) is 242 cm³/mol. The second-order valence-electron chi connectivity index (χ2n) is 19.0. The van der Waals surface area contributed by atoms with Crippen LogP contribution in [-0.2, 0) is 33.9 Å². The smallest absolute Gasteiger partial charge is 0.427 e. The summed E-state index contributed by atoms with van der Waals surface area (Å²) in [6.07, 6.45) is -2.80. The van der Waals surface area contributed by atoms with E-state index in [1.807, 2.05) is 13.8 Å². The molecule has 2 aromatic heterocycles. The summed E-state index contributed by atoms with van der Waals surface area (Å²) in [5, 5.41) is 6.31. The monoisotopic (exact) mass is 972 g/mol. The summed E-state index contributed by atoms with van der Waals surface area (Å²) in [5.74, 6) is -2.13. The number of allylic oxidation sites excluding steroid dienone is 1. The number of ether oxygens (including phenoxy) is 5. The van der Waals surface area contributed by atoms with Gasteiger partial charge in [-0.15, -0.1) is 0 Å². The van der Waals surface area contributed by atoms with Crippen molar-refractivity contribution in [1.82, 2.24) is 30.2 Å². The van der Waals surface area contributed by atoms with Gasteiger partial charge in [-0.1, -0.05) is 19.1 Å². The molecule has 370 valence electrons. The van der Waals surface area contributed by atoms with E-state index in [0.29, 0.717) is 73.2 Å². The Kier molecular flexibility index (Phi) is 14.0. The Balaban J connectivity index is 1.28. The topological polar surface area (TPSA) is 214 Å². The van der Waals surface area contributed by atoms with Crippen LogP contribution in [0, 0.1) is 5.92 Å². The summed E-state index contributed by atoms with van der Waals surface area (Å²) in [6, 6.07) is 7.37. The van der Waals surface area contributed by atoms with E-state index in [1.54, 1.807) is 68.6 Å². The molecule has 2 saturated carbocycles. The highest BCUT2D eigenvalue weighted by atomic mass is 32.2. The maximum atomic E-state index is 15.1. The molecule has 21 heteroatoms. The molecular weight excluding hydrogens is 914 g/mol. The third-order valence-electron chi connectivity index (χ3n) is 13.0. The number of fused-ring (bicyclic) bond motifs is 3. The molecule has 17 nitrogen and oxygen atoms in total. The molecule has 0 spiro atoms. The fourth-order valence-corrected chi connectivity index (χ4v) is 9.64. The van der Waals surface area contributed by atoms with E-state index in [-0.39, 0.29) is 37.8 Å². The van der Waals surface area contributed by atoms with E-state index in [4.69, 9.17) is 28.7 Å². The quantitative estimate of drug-likeness (QED) is 0.171. The molecule has 4 amide bonds. The van der Waals surface area contributed by atoms with E-state index in [1.165, 1.54) is 14.0 Å². The van der Waals surface area contributed by atoms with Gasteiger partial charge < -0.3 is 39.2 Å². The van der Waals surface area contributed by atoms with Gasteiger partial charge in [-0.05, 0) is 122 Å². The van der Waals surface area contributed by atoms with Gasteiger partial charge in [-0.25, -0.2) is 18.2 Å². The zero-order valence-corrected chi connectivity index (χ0v) is 40.1. The third-order valence-corrected chi connectivity index (χ3v) is 15.1. The van der Waals surface area contributed by atoms with Gasteiger partial charge in [0.25, 0.3) is 5.91 Å². The van der Waals surface area contributed by atoms with Crippen molar-refractivity contribution < 1.29 is 64.5 Å². The Morgan fingerprint density at radius 1 is 1.07 bits per heavy atom. The summed E-state index contributed by atoms with van der Waals surface area (Å²) in [4.78, 5) is 67.9. The number of methoxy groups -OCH3 is 1. The minimum absolute atomic E-state index is 0.0493. The Bertz CT molecular complexity index is 2550. The lowest BCUT2D eigenvalue weighted by Crippen LogP contribution is -2.61. The normalized spacial score (nSPS) is 26.4. The van der Waals surface area contributed by atoms with E-state index >= 15 is 4.79 Å². The first kappa shape index (κ1) is 50.2. The number of amides is 4. The largest absolute Gasteiger partial charge is 0.497 e. The molecule has 3 fully saturated rings. The highest BCUT2D eigenvalue weighted by Gasteiger charge is 2.63. The number of benzene rings is 1. The molecule has 3 N–H and O–H groups in total. The van der Waals surface area contributed by atoms with E-state index in [2.05, 4.69) is 20.3 Å². The number of rotatable bonds is 12. The molecule has 7 rings (SSSR count). The number of hydrogen-bond acceptors (Lipinski definition) is 13. The van der Waals surface area contributed by atoms with Crippen molar-refractivity contribution in [3.05, 3.63) is 54.7 Å². The number of sulfonamides is 1. The van der Waals surface area contributed by atoms with Crippen LogP contribution in [0.5, 0.6) is 17.4 Å². The molecule has 2 aliphatic heterocycles. The first-order valence-electron chi connectivity index (χ1n) is 22.8. The molecule has 0 radical (unpaired) electrons. The summed E-state index contributed by atoms with van der Waals surface area (Å²) in [5.41, 5.74) is -3.80. The summed E-state index contributed by atoms with van der Waals surface area (Å²) >= 11 is 0. The van der Waals surface area contributed by atoms with Crippen molar-refractivity contribution in [1.29, 1.82) is 0 Å². The second kappa shape index (κ2) is 19.0. The molecule has 1 aromatic carbocycles. The number of alkyl carbamates (subject to hydrolysis) is 1. The molecule has 2 aliphatic carbocycles. The van der Waals surface area contributed by atoms with Crippen molar-refractivity contribution >= 4 is 44.6 Å². The van der Waals surface area contributed by atoms with E-state index in [9.17, 15) is 36.0 Å². The van der Waals surface area contributed by atoms with Crippen molar-refractivity contribution in [2.45, 2.75) is 152 Å². The minimum Gasteiger partial charge on any atom is -0.497 e. The van der Waals surface area contributed by atoms with E-state index in [0.717, 1.165) is 4.90 Å². The average molecular weight is 973 g/mol. The molecule has 7 atom stereocenters. The van der Waals surface area contributed by atoms with Crippen LogP contribution in [-0.4, -0.2) is 119 Å². The minimum atomic E-state index is -4.97. The number of alkyl halides is 3. The van der Waals surface area contributed by atoms with Gasteiger partial charge >= 0.3 is 12.3 Å². The van der Waals surface area contributed by atoms with Crippen molar-refractivity contribution in [2.24, 2.45) is 5.92 Å². The molecule has 4 heterocycles. The maximum absolute atomic E-state index is 15.1. The standard InChI is InChI=1S/C47H59F3N6O11S/c1-9-37-38(53-43(60)67-44(5,6)47(48,49)50)41(58)56-25-32(66-40-33-16-14-30(63-8)20-28(33)21-35(52-40)34-17-15-31(24-51-34)64-26(2)3)22-36(56)39(57)54-46(23-29(46)13-11-10-12-27(4)65-37)42(59)55-68(61,62)45(7)18-19-45/h11,13-17,20-21,24,26-27,29,32,36-38H,9-10,12,18-19,22-23,25H2,1-8H3,(H,53,60)(H,54,57)(H,55,59). The Morgan fingerprint density at radius 2 is 1.79 bits per heavy atom. The lowest BCUT2D eigenvalue weighted by Gasteiger charge is -2.35. The van der Waals surface area contributed by atoms with Crippen LogP contribution in [0.4, 0.5) is 18.0 Å². The third kappa shape index (κ3) is 10.6. The first-order chi connectivity index (χ1) is 31.9. The van der Waals surface area contributed by atoms with Crippen LogP contribution in [0.15, 0.2) is 54.7 Å². The van der Waals surface area contributed by atoms with Gasteiger partial charge in [-0.2, -0.15) is 13.2 Å². The maximum Gasteiger partial charge on any atom is 0.427 e. The fraction of sp³-hybridized carbons (Fsp3) is 0.574. The number of hydrogen-bond donors (Lipinski definition) is 3. The van der Waals surface area contributed by atoms with Crippen molar-refractivity contribution in [3.63, 3.8) is 0 Å². The van der Waals surface area contributed by atoms with Gasteiger partial charge in [0.05, 0.1) is 54.3 Å². The number of halogens is 3. The number of carbonyl (C=O) groups is 4. The molecule has 0 bridgehead atoms. The zero-order valence-electron chi connectivity index (χ0n) is 39.3. The molecule has 4 aliphatic rings. The molecular formula is C47H59F3N6O11S. The lowest BCUT2D eigenvalue weighted by atomic mass is 10.0. The van der Waals surface area contributed by atoms with Crippen molar-refractivity contribution in [3.8, 4) is 28.8 Å². The zero-order chi connectivity index (χ0) is 49.6. The first-order valence-corrected chi connectivity index (χ1v) is 24.2. The summed E-state index contributed by atoms with van der Waals surface area (Å²) in [7, 11) is -2.62. The van der Waals surface area contributed by atoms with Gasteiger partial charge in [0.1, 0.15) is 35.2 Å². The van der Waals surface area contributed by atoms with Crippen LogP contribution < -0.4 is 29.6 Å². The molecule has 7 unspecified atom stereocenters. The summed E-state index contributed by atoms with van der Waals surface area (Å²) in [6.45, 7) is 9.72. The highest BCUT2D eigenvalue weighted by molar-refractivity contribution is 7.91.